The van der Waals surface area contributed by atoms with Crippen molar-refractivity contribution in [3.63, 3.8) is 0 Å². The van der Waals surface area contributed by atoms with Crippen LogP contribution in [0.15, 0.2) is 59.0 Å². The first-order valence-corrected chi connectivity index (χ1v) is 8.21. The highest BCUT2D eigenvalue weighted by Crippen LogP contribution is 2.34. The van der Waals surface area contributed by atoms with E-state index in [9.17, 15) is 25.0 Å². The van der Waals surface area contributed by atoms with E-state index in [2.05, 4.69) is 0 Å². The minimum atomic E-state index is -0.604. The van der Waals surface area contributed by atoms with Gasteiger partial charge in [0.25, 0.3) is 11.4 Å². The normalized spacial score (nSPS) is 10.5. The highest BCUT2D eigenvalue weighted by atomic mass is 16.6. The molecule has 142 valence electrons. The van der Waals surface area contributed by atoms with Crippen LogP contribution in [0.25, 0.3) is 22.6 Å². The summed E-state index contributed by atoms with van der Waals surface area (Å²) < 4.78 is 10.9. The molecule has 0 fully saturated rings. The summed E-state index contributed by atoms with van der Waals surface area (Å²) in [6.45, 7) is 1.83. The van der Waals surface area contributed by atoms with Gasteiger partial charge in [0.1, 0.15) is 17.1 Å². The quantitative estimate of drug-likeness (QED) is 0.346. The van der Waals surface area contributed by atoms with E-state index in [1.807, 2.05) is 0 Å². The fourth-order valence-corrected chi connectivity index (χ4v) is 2.59. The Morgan fingerprint density at radius 3 is 1.89 bits per heavy atom. The molecule has 3 rings (SSSR count). The van der Waals surface area contributed by atoms with Gasteiger partial charge in [-0.3, -0.25) is 20.2 Å². The number of ether oxygens (including phenoxy) is 1. The molecule has 2 aromatic carbocycles. The maximum Gasteiger partial charge on any atom is 0.342 e. The molecule has 0 unspecified atom stereocenters. The molecular formula is C19H14N2O7. The van der Waals surface area contributed by atoms with Gasteiger partial charge in [0, 0.05) is 35.4 Å². The van der Waals surface area contributed by atoms with Crippen LogP contribution in [0.4, 0.5) is 11.4 Å². The number of nitrogens with zero attached hydrogens (tertiary/aromatic N) is 2. The molecule has 0 aliphatic carbocycles. The zero-order valence-corrected chi connectivity index (χ0v) is 14.7. The molecule has 0 N–H and O–H groups in total. The standard InChI is InChI=1S/C19H14N2O7/c1-2-27-19(22)16-11-17(12-3-7-14(8-4-12)20(23)24)28-18(16)13-5-9-15(10-6-13)21(25)26/h3-11H,2H2,1H3. The summed E-state index contributed by atoms with van der Waals surface area (Å²) >= 11 is 0. The third-order valence-electron chi connectivity index (χ3n) is 3.93. The van der Waals surface area contributed by atoms with E-state index in [-0.39, 0.29) is 29.3 Å². The summed E-state index contributed by atoms with van der Waals surface area (Å²) in [5, 5.41) is 21.6. The van der Waals surface area contributed by atoms with Crippen LogP contribution < -0.4 is 0 Å². The summed E-state index contributed by atoms with van der Waals surface area (Å²) in [5.41, 5.74) is 0.982. The molecule has 1 aromatic heterocycles. The van der Waals surface area contributed by atoms with Crippen molar-refractivity contribution in [2.75, 3.05) is 6.61 Å². The van der Waals surface area contributed by atoms with Gasteiger partial charge >= 0.3 is 5.97 Å². The average molecular weight is 382 g/mol. The van der Waals surface area contributed by atoms with Gasteiger partial charge in [-0.2, -0.15) is 0 Å². The molecule has 28 heavy (non-hydrogen) atoms. The lowest BCUT2D eigenvalue weighted by atomic mass is 10.1. The van der Waals surface area contributed by atoms with Crippen LogP contribution >= 0.6 is 0 Å². The molecule has 0 aliphatic heterocycles. The van der Waals surface area contributed by atoms with E-state index >= 15 is 0 Å². The third-order valence-corrected chi connectivity index (χ3v) is 3.93. The number of carbonyl (C=O) groups excluding carboxylic acids is 1. The summed E-state index contributed by atoms with van der Waals surface area (Å²) in [5.74, 6) is -0.0965. The molecular weight excluding hydrogens is 368 g/mol. The summed E-state index contributed by atoms with van der Waals surface area (Å²) in [7, 11) is 0. The van der Waals surface area contributed by atoms with E-state index in [0.29, 0.717) is 16.9 Å². The number of nitro benzene ring substituents is 2. The zero-order chi connectivity index (χ0) is 20.3. The van der Waals surface area contributed by atoms with Crippen LogP contribution in [0.5, 0.6) is 0 Å². The molecule has 0 amide bonds. The first-order valence-electron chi connectivity index (χ1n) is 8.21. The smallest absolute Gasteiger partial charge is 0.342 e. The van der Waals surface area contributed by atoms with Crippen LogP contribution in [-0.2, 0) is 4.74 Å². The molecule has 0 bridgehead atoms. The van der Waals surface area contributed by atoms with Crippen molar-refractivity contribution in [1.82, 2.24) is 0 Å². The van der Waals surface area contributed by atoms with Crippen molar-refractivity contribution in [2.45, 2.75) is 6.92 Å². The molecule has 0 atom stereocenters. The Balaban J connectivity index is 2.06. The fourth-order valence-electron chi connectivity index (χ4n) is 2.59. The van der Waals surface area contributed by atoms with Gasteiger partial charge in [-0.1, -0.05) is 0 Å². The number of esters is 1. The Morgan fingerprint density at radius 2 is 1.43 bits per heavy atom. The predicted molar refractivity (Wildman–Crippen MR) is 98.8 cm³/mol. The number of furan rings is 1. The molecule has 0 saturated heterocycles. The van der Waals surface area contributed by atoms with Crippen molar-refractivity contribution < 1.29 is 23.8 Å². The molecule has 0 aliphatic rings. The number of nitro groups is 2. The zero-order valence-electron chi connectivity index (χ0n) is 14.7. The van der Waals surface area contributed by atoms with Crippen molar-refractivity contribution in [3.8, 4) is 22.6 Å². The van der Waals surface area contributed by atoms with E-state index < -0.39 is 15.8 Å². The minimum Gasteiger partial charge on any atom is -0.462 e. The topological polar surface area (TPSA) is 126 Å². The van der Waals surface area contributed by atoms with Gasteiger partial charge < -0.3 is 9.15 Å². The number of non-ortho nitro benzene ring substituents is 2. The Bertz CT molecular complexity index is 1040. The SMILES string of the molecule is CCOC(=O)c1cc(-c2ccc([N+](=O)[O-])cc2)oc1-c1ccc([N+](=O)[O-])cc1. The molecule has 9 heteroatoms. The van der Waals surface area contributed by atoms with Crippen molar-refractivity contribution in [2.24, 2.45) is 0 Å². The summed E-state index contributed by atoms with van der Waals surface area (Å²) in [4.78, 5) is 32.9. The number of hydrogen-bond acceptors (Lipinski definition) is 7. The Hall–Kier alpha value is -4.01. The first kappa shape index (κ1) is 18.8. The summed E-state index contributed by atoms with van der Waals surface area (Å²) in [6.07, 6.45) is 0. The second-order valence-corrected chi connectivity index (χ2v) is 5.68. The fraction of sp³-hybridized carbons (Fsp3) is 0.105. The first-order chi connectivity index (χ1) is 13.4. The maximum absolute atomic E-state index is 12.3. The van der Waals surface area contributed by atoms with Gasteiger partial charge in [0.2, 0.25) is 0 Å². The second kappa shape index (κ2) is 7.70. The monoisotopic (exact) mass is 382 g/mol. The van der Waals surface area contributed by atoms with Gasteiger partial charge in [-0.25, -0.2) is 4.79 Å². The molecule has 3 aromatic rings. The number of hydrogen-bond donors (Lipinski definition) is 0. The Labute approximate surface area is 158 Å². The van der Waals surface area contributed by atoms with Gasteiger partial charge in [-0.05, 0) is 37.3 Å². The predicted octanol–water partition coefficient (Wildman–Crippen LogP) is 4.61. The van der Waals surface area contributed by atoms with Crippen molar-refractivity contribution >= 4 is 17.3 Å². The maximum atomic E-state index is 12.3. The number of carbonyl (C=O) groups is 1. The summed E-state index contributed by atoms with van der Waals surface area (Å²) in [6, 6.07) is 12.7. The number of rotatable bonds is 6. The van der Waals surface area contributed by atoms with Crippen LogP contribution in [0.1, 0.15) is 17.3 Å². The highest BCUT2D eigenvalue weighted by Gasteiger charge is 2.22. The Kier molecular flexibility index (Phi) is 5.16. The lowest BCUT2D eigenvalue weighted by Gasteiger charge is -2.02. The van der Waals surface area contributed by atoms with Gasteiger partial charge in [0.15, 0.2) is 0 Å². The van der Waals surface area contributed by atoms with Gasteiger partial charge in [0.05, 0.1) is 16.5 Å². The van der Waals surface area contributed by atoms with Crippen LogP contribution in [0, 0.1) is 20.2 Å². The van der Waals surface area contributed by atoms with E-state index in [0.717, 1.165) is 0 Å². The number of benzene rings is 2. The van der Waals surface area contributed by atoms with Gasteiger partial charge in [-0.15, -0.1) is 0 Å². The second-order valence-electron chi connectivity index (χ2n) is 5.68. The van der Waals surface area contributed by atoms with Crippen molar-refractivity contribution in [1.29, 1.82) is 0 Å². The highest BCUT2D eigenvalue weighted by molar-refractivity contribution is 5.97. The third kappa shape index (κ3) is 3.73. The van der Waals surface area contributed by atoms with E-state index in [1.54, 1.807) is 6.92 Å². The molecule has 0 spiro atoms. The minimum absolute atomic E-state index is 0.0727. The molecule has 0 radical (unpaired) electrons. The van der Waals surface area contributed by atoms with Crippen LogP contribution in [-0.4, -0.2) is 22.4 Å². The molecule has 1 heterocycles. The lowest BCUT2D eigenvalue weighted by molar-refractivity contribution is -0.385. The van der Waals surface area contributed by atoms with Crippen LogP contribution in [0.3, 0.4) is 0 Å². The average Bonchev–Trinajstić information content (AvgIpc) is 3.14. The molecule has 9 nitrogen and oxygen atoms in total. The molecule has 0 saturated carbocycles. The van der Waals surface area contributed by atoms with E-state index in [4.69, 9.17) is 9.15 Å². The largest absolute Gasteiger partial charge is 0.462 e. The van der Waals surface area contributed by atoms with E-state index in [1.165, 1.54) is 54.6 Å². The van der Waals surface area contributed by atoms with Crippen molar-refractivity contribution in [3.05, 3.63) is 80.4 Å². The van der Waals surface area contributed by atoms with Crippen LogP contribution in [0.2, 0.25) is 0 Å². The Morgan fingerprint density at radius 1 is 0.929 bits per heavy atom. The lowest BCUT2D eigenvalue weighted by Crippen LogP contribution is -2.04.